The average molecular weight is 255 g/mol. The molecule has 2 rings (SSSR count). The van der Waals surface area contributed by atoms with Gasteiger partial charge in [0.25, 0.3) is 0 Å². The van der Waals surface area contributed by atoms with Crippen molar-refractivity contribution in [3.05, 3.63) is 28.5 Å². The van der Waals surface area contributed by atoms with Crippen molar-refractivity contribution in [2.45, 2.75) is 6.92 Å². The zero-order valence-electron chi connectivity index (χ0n) is 7.36. The number of halogens is 1. The van der Waals surface area contributed by atoms with Crippen LogP contribution in [0.5, 0.6) is 0 Å². The third-order valence-corrected chi connectivity index (χ3v) is 2.45. The molecule has 0 spiro atoms. The minimum atomic E-state index is -1.02. The maximum atomic E-state index is 10.8. The maximum absolute atomic E-state index is 10.8. The van der Waals surface area contributed by atoms with Crippen molar-refractivity contribution in [3.63, 3.8) is 0 Å². The minimum absolute atomic E-state index is 0.471. The van der Waals surface area contributed by atoms with Crippen molar-refractivity contribution >= 4 is 33.1 Å². The van der Waals surface area contributed by atoms with E-state index < -0.39 is 6.09 Å². The second kappa shape index (κ2) is 3.09. The van der Waals surface area contributed by atoms with Crippen LogP contribution in [-0.2, 0) is 0 Å². The van der Waals surface area contributed by atoms with Crippen LogP contribution < -0.4 is 0 Å². The molecule has 72 valence electrons. The van der Waals surface area contributed by atoms with Gasteiger partial charge in [-0.3, -0.25) is 0 Å². The van der Waals surface area contributed by atoms with E-state index in [1.54, 1.807) is 12.4 Å². The molecular formula is C9H7BrN2O2. The number of rotatable bonds is 0. The second-order valence-corrected chi connectivity index (χ2v) is 3.91. The molecule has 0 saturated carbocycles. The van der Waals surface area contributed by atoms with Gasteiger partial charge in [-0.1, -0.05) is 0 Å². The van der Waals surface area contributed by atoms with Crippen molar-refractivity contribution in [1.29, 1.82) is 0 Å². The van der Waals surface area contributed by atoms with Gasteiger partial charge in [-0.2, -0.15) is 0 Å². The molecule has 0 aliphatic heterocycles. The number of fused-ring (bicyclic) bond motifs is 1. The molecule has 14 heavy (non-hydrogen) atoms. The molecule has 2 aromatic rings. The van der Waals surface area contributed by atoms with Gasteiger partial charge in [0.05, 0.1) is 0 Å². The Balaban J connectivity index is 2.84. The van der Waals surface area contributed by atoms with E-state index in [2.05, 4.69) is 20.9 Å². The smallest absolute Gasteiger partial charge is 0.417 e. The van der Waals surface area contributed by atoms with Gasteiger partial charge in [-0.25, -0.2) is 14.3 Å². The van der Waals surface area contributed by atoms with E-state index in [-0.39, 0.29) is 0 Å². The Morgan fingerprint density at radius 2 is 2.36 bits per heavy atom. The fourth-order valence-electron chi connectivity index (χ4n) is 1.38. The van der Waals surface area contributed by atoms with E-state index in [4.69, 9.17) is 5.11 Å². The zero-order chi connectivity index (χ0) is 10.3. The van der Waals surface area contributed by atoms with Gasteiger partial charge in [0, 0.05) is 22.3 Å². The van der Waals surface area contributed by atoms with Crippen LogP contribution in [0, 0.1) is 6.92 Å². The molecule has 1 N–H and O–H groups in total. The number of hydrogen-bond acceptors (Lipinski definition) is 2. The van der Waals surface area contributed by atoms with E-state index in [0.717, 1.165) is 20.0 Å². The van der Waals surface area contributed by atoms with E-state index in [1.807, 2.05) is 13.0 Å². The van der Waals surface area contributed by atoms with Gasteiger partial charge in [0.15, 0.2) is 0 Å². The van der Waals surface area contributed by atoms with Crippen LogP contribution >= 0.6 is 15.9 Å². The topological polar surface area (TPSA) is 55.1 Å². The Hall–Kier alpha value is -1.36. The molecule has 0 saturated heterocycles. The number of hydrogen-bond donors (Lipinski definition) is 1. The summed E-state index contributed by atoms with van der Waals surface area (Å²) in [7, 11) is 0. The molecule has 0 fully saturated rings. The van der Waals surface area contributed by atoms with Gasteiger partial charge >= 0.3 is 6.09 Å². The summed E-state index contributed by atoms with van der Waals surface area (Å²) in [5, 5.41) is 9.73. The number of nitrogens with zero attached hydrogens (tertiary/aromatic N) is 2. The molecule has 2 aromatic heterocycles. The lowest BCUT2D eigenvalue weighted by Gasteiger charge is -1.96. The first-order valence-electron chi connectivity index (χ1n) is 3.96. The lowest BCUT2D eigenvalue weighted by atomic mass is 10.2. The molecule has 0 unspecified atom stereocenters. The van der Waals surface area contributed by atoms with Crippen LogP contribution in [-0.4, -0.2) is 20.8 Å². The van der Waals surface area contributed by atoms with Crippen molar-refractivity contribution in [2.75, 3.05) is 0 Å². The summed E-state index contributed by atoms with van der Waals surface area (Å²) in [6.07, 6.45) is 2.13. The Bertz CT molecular complexity index is 519. The summed E-state index contributed by atoms with van der Waals surface area (Å²) >= 11 is 3.29. The highest BCUT2D eigenvalue weighted by Gasteiger charge is 2.11. The third-order valence-electron chi connectivity index (χ3n) is 2.02. The minimum Gasteiger partial charge on any atom is -0.464 e. The highest BCUT2D eigenvalue weighted by Crippen LogP contribution is 2.22. The number of aryl methyl sites for hydroxylation is 1. The van der Waals surface area contributed by atoms with E-state index >= 15 is 0 Å². The number of pyridine rings is 1. The Morgan fingerprint density at radius 3 is 3.00 bits per heavy atom. The monoisotopic (exact) mass is 254 g/mol. The lowest BCUT2D eigenvalue weighted by molar-refractivity contribution is 0.197. The van der Waals surface area contributed by atoms with Gasteiger partial charge in [0.2, 0.25) is 0 Å². The summed E-state index contributed by atoms with van der Waals surface area (Å²) in [5.74, 6) is 0. The van der Waals surface area contributed by atoms with Crippen molar-refractivity contribution in [3.8, 4) is 0 Å². The van der Waals surface area contributed by atoms with Gasteiger partial charge in [-0.05, 0) is 34.5 Å². The van der Waals surface area contributed by atoms with Crippen LogP contribution in [0.4, 0.5) is 4.79 Å². The molecule has 0 amide bonds. The predicted octanol–water partition coefficient (Wildman–Crippen LogP) is 2.63. The second-order valence-electron chi connectivity index (χ2n) is 2.99. The molecule has 0 radical (unpaired) electrons. The summed E-state index contributed by atoms with van der Waals surface area (Å²) in [4.78, 5) is 14.9. The average Bonchev–Trinajstić information content (AvgIpc) is 2.44. The van der Waals surface area contributed by atoms with Crippen molar-refractivity contribution < 1.29 is 9.90 Å². The molecule has 5 heteroatoms. The van der Waals surface area contributed by atoms with E-state index in [0.29, 0.717) is 5.65 Å². The number of aromatic nitrogens is 2. The molecule has 0 aliphatic carbocycles. The van der Waals surface area contributed by atoms with Crippen LogP contribution in [0.3, 0.4) is 0 Å². The van der Waals surface area contributed by atoms with Gasteiger partial charge < -0.3 is 5.11 Å². The van der Waals surface area contributed by atoms with Crippen LogP contribution in [0.15, 0.2) is 22.9 Å². The summed E-state index contributed by atoms with van der Waals surface area (Å²) < 4.78 is 1.97. The van der Waals surface area contributed by atoms with Crippen molar-refractivity contribution in [2.24, 2.45) is 0 Å². The van der Waals surface area contributed by atoms with Gasteiger partial charge in [0.1, 0.15) is 5.65 Å². The van der Waals surface area contributed by atoms with Crippen LogP contribution in [0.2, 0.25) is 0 Å². The summed E-state index contributed by atoms with van der Waals surface area (Å²) in [6.45, 7) is 1.86. The highest BCUT2D eigenvalue weighted by atomic mass is 79.9. The fraction of sp³-hybridized carbons (Fsp3) is 0.111. The largest absolute Gasteiger partial charge is 0.464 e. The molecule has 0 bridgehead atoms. The van der Waals surface area contributed by atoms with Crippen LogP contribution in [0.25, 0.3) is 11.0 Å². The van der Waals surface area contributed by atoms with Gasteiger partial charge in [-0.15, -0.1) is 0 Å². The molecule has 4 nitrogen and oxygen atoms in total. The van der Waals surface area contributed by atoms with E-state index in [9.17, 15) is 4.79 Å². The third kappa shape index (κ3) is 1.29. The molecule has 0 aliphatic rings. The Kier molecular flexibility index (Phi) is 2.03. The SMILES string of the molecule is Cc1cn(C(=O)O)c2ncc(Br)cc12. The van der Waals surface area contributed by atoms with Crippen LogP contribution in [0.1, 0.15) is 5.56 Å². The normalized spacial score (nSPS) is 10.7. The van der Waals surface area contributed by atoms with E-state index in [1.165, 1.54) is 0 Å². The first-order chi connectivity index (χ1) is 6.59. The first-order valence-corrected chi connectivity index (χ1v) is 4.75. The molecule has 0 aromatic carbocycles. The standard InChI is InChI=1S/C9H7BrN2O2/c1-5-4-12(9(13)14)8-7(5)2-6(10)3-11-8/h2-4H,1H3,(H,13,14). The highest BCUT2D eigenvalue weighted by molar-refractivity contribution is 9.10. The fourth-order valence-corrected chi connectivity index (χ4v) is 1.72. The summed E-state index contributed by atoms with van der Waals surface area (Å²) in [6, 6.07) is 1.86. The molecular weight excluding hydrogens is 248 g/mol. The number of carboxylic acid groups (broad SMARTS) is 1. The molecule has 0 atom stereocenters. The van der Waals surface area contributed by atoms with Crippen molar-refractivity contribution in [1.82, 2.24) is 9.55 Å². The number of carbonyl (C=O) groups is 1. The Labute approximate surface area is 88.3 Å². The predicted molar refractivity (Wildman–Crippen MR) is 55.6 cm³/mol. The Morgan fingerprint density at radius 1 is 1.64 bits per heavy atom. The lowest BCUT2D eigenvalue weighted by Crippen LogP contribution is -2.06. The zero-order valence-corrected chi connectivity index (χ0v) is 8.95. The first kappa shape index (κ1) is 9.21. The quantitative estimate of drug-likeness (QED) is 0.787. The molecule has 2 heterocycles. The maximum Gasteiger partial charge on any atom is 0.417 e. The summed E-state index contributed by atoms with van der Waals surface area (Å²) in [5.41, 5.74) is 1.37.